The van der Waals surface area contributed by atoms with E-state index in [-0.39, 0.29) is 40.6 Å². The third-order valence-electron chi connectivity index (χ3n) is 0. The minimum absolute atomic E-state index is 0. The molecule has 6 heavy (non-hydrogen) atoms. The molecule has 0 spiro atoms. The molecule has 4 heteroatoms. The average Bonchev–Trinajstić information content (AvgIpc) is 0.918. The van der Waals surface area contributed by atoms with Crippen molar-refractivity contribution in [2.45, 2.75) is 7.43 Å². The lowest BCUT2D eigenvalue weighted by Crippen LogP contribution is -1.22. The van der Waals surface area contributed by atoms with Crippen molar-refractivity contribution in [1.82, 2.24) is 0 Å². The number of rotatable bonds is 0. The SMILES string of the molecule is C.O=C=O.S.S. The summed E-state index contributed by atoms with van der Waals surface area (Å²) in [6.07, 6.45) is 0.250. The third-order valence-corrected chi connectivity index (χ3v) is 0. The van der Waals surface area contributed by atoms with Gasteiger partial charge in [-0.1, -0.05) is 7.43 Å². The van der Waals surface area contributed by atoms with Crippen LogP contribution in [0.5, 0.6) is 0 Å². The Hall–Kier alpha value is 0.0800. The highest BCUT2D eigenvalue weighted by Crippen LogP contribution is 0.787. The molecule has 0 aromatic heterocycles. The van der Waals surface area contributed by atoms with E-state index in [0.717, 1.165) is 0 Å². The molecule has 0 radical (unpaired) electrons. The molecule has 2 nitrogen and oxygen atoms in total. The Morgan fingerprint density at radius 2 is 1.00 bits per heavy atom. The zero-order chi connectivity index (χ0) is 2.71. The summed E-state index contributed by atoms with van der Waals surface area (Å²) in [6, 6.07) is 0. The van der Waals surface area contributed by atoms with Crippen LogP contribution in [0.1, 0.15) is 7.43 Å². The normalized spacial score (nSPS) is 1.33. The van der Waals surface area contributed by atoms with Crippen molar-refractivity contribution >= 4 is 33.1 Å². The fourth-order valence-electron chi connectivity index (χ4n) is 0. The molecule has 0 aromatic carbocycles. The lowest BCUT2D eigenvalue weighted by Gasteiger charge is -0.945. The van der Waals surface area contributed by atoms with Crippen LogP contribution in [0.3, 0.4) is 0 Å². The van der Waals surface area contributed by atoms with Gasteiger partial charge in [-0.05, 0) is 0 Å². The van der Waals surface area contributed by atoms with Crippen molar-refractivity contribution in [3.8, 4) is 0 Å². The van der Waals surface area contributed by atoms with E-state index in [4.69, 9.17) is 9.59 Å². The first-order valence-corrected chi connectivity index (χ1v) is 0.408. The van der Waals surface area contributed by atoms with Crippen LogP contribution in [0, 0.1) is 0 Å². The Bertz CT molecular complexity index is 30.5. The lowest BCUT2D eigenvalue weighted by atomic mass is 11.8. The number of hydrogen-bond acceptors (Lipinski definition) is 2. The van der Waals surface area contributed by atoms with Crippen LogP contribution < -0.4 is 0 Å². The van der Waals surface area contributed by atoms with E-state index in [0.29, 0.717) is 0 Å². The molecule has 0 heterocycles. The van der Waals surface area contributed by atoms with Crippen LogP contribution in [0.2, 0.25) is 0 Å². The Kier molecular flexibility index (Phi) is 438. The molecule has 0 aliphatic rings. The fraction of sp³-hybridized carbons (Fsp3) is 0.500. The van der Waals surface area contributed by atoms with Gasteiger partial charge in [0.2, 0.25) is 0 Å². The van der Waals surface area contributed by atoms with Gasteiger partial charge in [0.05, 0.1) is 0 Å². The summed E-state index contributed by atoms with van der Waals surface area (Å²) < 4.78 is 0. The van der Waals surface area contributed by atoms with Crippen molar-refractivity contribution in [1.29, 1.82) is 0 Å². The Morgan fingerprint density at radius 1 is 1.00 bits per heavy atom. The summed E-state index contributed by atoms with van der Waals surface area (Å²) >= 11 is 0. The number of hydrogen-bond donors (Lipinski definition) is 0. The van der Waals surface area contributed by atoms with E-state index in [1.165, 1.54) is 0 Å². The maximum absolute atomic E-state index is 8.12. The van der Waals surface area contributed by atoms with Crippen LogP contribution >= 0.6 is 27.0 Å². The molecule has 0 fully saturated rings. The molecule has 0 rings (SSSR count). The first-order chi connectivity index (χ1) is 1.41. The molecule has 0 saturated heterocycles. The Balaban J connectivity index is -0.00000000667. The van der Waals surface area contributed by atoms with Crippen molar-refractivity contribution in [2.24, 2.45) is 0 Å². The van der Waals surface area contributed by atoms with Crippen LogP contribution in [0.15, 0.2) is 0 Å². The van der Waals surface area contributed by atoms with Crippen LogP contribution in [0.4, 0.5) is 0 Å². The molecule has 0 aliphatic heterocycles. The first kappa shape index (κ1) is 36.3. The quantitative estimate of drug-likeness (QED) is 0.469. The summed E-state index contributed by atoms with van der Waals surface area (Å²) in [4.78, 5) is 16.2. The highest BCUT2D eigenvalue weighted by molar-refractivity contribution is 7.59. The molecule has 0 aliphatic carbocycles. The van der Waals surface area contributed by atoms with Crippen LogP contribution in [-0.4, -0.2) is 6.15 Å². The van der Waals surface area contributed by atoms with Gasteiger partial charge >= 0.3 is 6.15 Å². The molecule has 0 amide bonds. The van der Waals surface area contributed by atoms with E-state index >= 15 is 0 Å². The molecule has 0 aromatic rings. The lowest BCUT2D eigenvalue weighted by molar-refractivity contribution is -0.191. The maximum Gasteiger partial charge on any atom is 0.373 e. The largest absolute Gasteiger partial charge is 0.373 e. The molecule has 0 N–H and O–H groups in total. The molecule has 0 saturated carbocycles. The van der Waals surface area contributed by atoms with Gasteiger partial charge in [0.1, 0.15) is 0 Å². The molecule has 0 bridgehead atoms. The van der Waals surface area contributed by atoms with Crippen molar-refractivity contribution < 1.29 is 9.59 Å². The van der Waals surface area contributed by atoms with Gasteiger partial charge in [-0.2, -0.15) is 36.6 Å². The summed E-state index contributed by atoms with van der Waals surface area (Å²) in [5.74, 6) is 0. The average molecular weight is 128 g/mol. The summed E-state index contributed by atoms with van der Waals surface area (Å²) in [5, 5.41) is 0. The van der Waals surface area contributed by atoms with E-state index < -0.39 is 0 Å². The van der Waals surface area contributed by atoms with Crippen LogP contribution in [0.25, 0.3) is 0 Å². The zero-order valence-electron chi connectivity index (χ0n) is 2.32. The number of carbonyl (C=O) groups excluding carboxylic acids is 2. The van der Waals surface area contributed by atoms with Gasteiger partial charge in [0.25, 0.3) is 0 Å². The molecule has 0 atom stereocenters. The molecular weight excluding hydrogens is 120 g/mol. The predicted molar refractivity (Wildman–Crippen MR) is 32.5 cm³/mol. The smallest absolute Gasteiger partial charge is 0.197 e. The van der Waals surface area contributed by atoms with E-state index in [9.17, 15) is 0 Å². The summed E-state index contributed by atoms with van der Waals surface area (Å²) in [7, 11) is 0. The maximum atomic E-state index is 8.12. The van der Waals surface area contributed by atoms with Gasteiger partial charge in [-0.25, -0.2) is 0 Å². The molecule has 40 valence electrons. The zero-order valence-corrected chi connectivity index (χ0v) is 4.32. The standard InChI is InChI=1S/CO2.CH4.2H2S/c2-1-3;;;/h;1H4;2*1H2. The van der Waals surface area contributed by atoms with Gasteiger partial charge in [-0.3, -0.25) is 0 Å². The van der Waals surface area contributed by atoms with Crippen molar-refractivity contribution in [3.63, 3.8) is 0 Å². The van der Waals surface area contributed by atoms with Crippen LogP contribution in [-0.2, 0) is 9.59 Å². The fourth-order valence-corrected chi connectivity index (χ4v) is 0. The second-order valence-corrected chi connectivity index (χ2v) is 0.0833. The predicted octanol–water partition coefficient (Wildman–Crippen LogP) is 0.278. The second kappa shape index (κ2) is 72.5. The topological polar surface area (TPSA) is 34.1 Å². The molecule has 0 unspecified atom stereocenters. The van der Waals surface area contributed by atoms with Crippen molar-refractivity contribution in [2.75, 3.05) is 0 Å². The monoisotopic (exact) mass is 128 g/mol. The Morgan fingerprint density at radius 3 is 1.00 bits per heavy atom. The summed E-state index contributed by atoms with van der Waals surface area (Å²) in [6.45, 7) is 0. The second-order valence-electron chi connectivity index (χ2n) is 0.0833. The van der Waals surface area contributed by atoms with E-state index in [1.807, 2.05) is 0 Å². The minimum Gasteiger partial charge on any atom is -0.197 e. The van der Waals surface area contributed by atoms with Gasteiger partial charge in [0.15, 0.2) is 0 Å². The van der Waals surface area contributed by atoms with Crippen molar-refractivity contribution in [3.05, 3.63) is 0 Å². The highest BCUT2D eigenvalue weighted by atomic mass is 32.1. The minimum atomic E-state index is 0. The molecular formula is C2H8O2S2. The third kappa shape index (κ3) is 6050. The van der Waals surface area contributed by atoms with E-state index in [1.54, 1.807) is 0 Å². The van der Waals surface area contributed by atoms with Gasteiger partial charge < -0.3 is 0 Å². The van der Waals surface area contributed by atoms with Gasteiger partial charge in [0, 0.05) is 0 Å². The Labute approximate surface area is 50.8 Å². The summed E-state index contributed by atoms with van der Waals surface area (Å²) in [5.41, 5.74) is 0. The van der Waals surface area contributed by atoms with Gasteiger partial charge in [-0.15, -0.1) is 0 Å². The first-order valence-electron chi connectivity index (χ1n) is 0.408. The highest BCUT2D eigenvalue weighted by Gasteiger charge is 1.13. The van der Waals surface area contributed by atoms with E-state index in [2.05, 4.69) is 0 Å².